The van der Waals surface area contributed by atoms with E-state index in [2.05, 4.69) is 25.9 Å². The highest BCUT2D eigenvalue weighted by Crippen LogP contribution is 2.28. The molecule has 0 aliphatic heterocycles. The Morgan fingerprint density at radius 3 is 2.27 bits per heavy atom. The molecule has 5 rings (SSSR count). The third-order valence-electron chi connectivity index (χ3n) is 5.31. The van der Waals surface area contributed by atoms with Crippen LogP contribution >= 0.6 is 0 Å². The van der Waals surface area contributed by atoms with Crippen LogP contribution in [0, 0.1) is 11.6 Å². The molecular formula is C29H25F2N5O. The van der Waals surface area contributed by atoms with Gasteiger partial charge in [0.05, 0.1) is 16.9 Å². The van der Waals surface area contributed by atoms with Crippen molar-refractivity contribution in [3.05, 3.63) is 115 Å². The molecule has 0 saturated carbocycles. The van der Waals surface area contributed by atoms with Crippen molar-refractivity contribution in [2.45, 2.75) is 13.8 Å². The van der Waals surface area contributed by atoms with E-state index in [-0.39, 0.29) is 17.2 Å². The molecule has 3 aromatic carbocycles. The highest BCUT2D eigenvalue weighted by atomic mass is 19.1. The summed E-state index contributed by atoms with van der Waals surface area (Å²) in [5.74, 6) is -1.43. The van der Waals surface area contributed by atoms with Gasteiger partial charge < -0.3 is 16.0 Å². The molecule has 0 spiro atoms. The lowest BCUT2D eigenvalue weighted by atomic mass is 10.1. The fourth-order valence-corrected chi connectivity index (χ4v) is 3.63. The molecule has 0 aliphatic rings. The summed E-state index contributed by atoms with van der Waals surface area (Å²) in [6.45, 7) is 4.00. The summed E-state index contributed by atoms with van der Waals surface area (Å²) >= 11 is 0. The summed E-state index contributed by atoms with van der Waals surface area (Å²) in [6.07, 6.45) is 4.81. The molecular weight excluding hydrogens is 472 g/mol. The van der Waals surface area contributed by atoms with Crippen molar-refractivity contribution in [3.8, 4) is 0 Å². The van der Waals surface area contributed by atoms with Gasteiger partial charge in [0.15, 0.2) is 5.82 Å². The van der Waals surface area contributed by atoms with Crippen molar-refractivity contribution >= 4 is 45.2 Å². The van der Waals surface area contributed by atoms with E-state index >= 15 is 4.39 Å². The lowest BCUT2D eigenvalue weighted by molar-refractivity contribution is 0.102. The van der Waals surface area contributed by atoms with Crippen LogP contribution in [0.4, 0.5) is 37.2 Å². The van der Waals surface area contributed by atoms with E-state index in [0.29, 0.717) is 33.5 Å². The predicted octanol–water partition coefficient (Wildman–Crippen LogP) is 7.67. The predicted molar refractivity (Wildman–Crippen MR) is 145 cm³/mol. The Morgan fingerprint density at radius 1 is 0.730 bits per heavy atom. The quantitative estimate of drug-likeness (QED) is 0.224. The van der Waals surface area contributed by atoms with Gasteiger partial charge in [-0.3, -0.25) is 14.8 Å². The monoisotopic (exact) mass is 497 g/mol. The normalized spacial score (nSPS) is 10.3. The zero-order chi connectivity index (χ0) is 26.2. The van der Waals surface area contributed by atoms with Gasteiger partial charge in [0.1, 0.15) is 5.82 Å². The number of hydrogen-bond acceptors (Lipinski definition) is 5. The maximum atomic E-state index is 15.0. The SMILES string of the molecule is CC.O=C(Nc1cccc(Nc2ccncc2)c1F)c1cccc(Nc2ccnc3ccc(F)cc23)c1. The van der Waals surface area contributed by atoms with Gasteiger partial charge >= 0.3 is 0 Å². The Bertz CT molecular complexity index is 1530. The lowest BCUT2D eigenvalue weighted by Gasteiger charge is -2.13. The van der Waals surface area contributed by atoms with Crippen molar-refractivity contribution < 1.29 is 13.6 Å². The van der Waals surface area contributed by atoms with Crippen LogP contribution < -0.4 is 16.0 Å². The summed E-state index contributed by atoms with van der Waals surface area (Å²) in [4.78, 5) is 21.1. The third kappa shape index (κ3) is 6.05. The average molecular weight is 498 g/mol. The summed E-state index contributed by atoms with van der Waals surface area (Å²) in [5, 5.41) is 9.42. The van der Waals surface area contributed by atoms with Crippen LogP contribution in [0.3, 0.4) is 0 Å². The van der Waals surface area contributed by atoms with E-state index in [1.54, 1.807) is 79.3 Å². The Balaban J connectivity index is 0.00000156. The number of carbonyl (C=O) groups excluding carboxylic acids is 1. The lowest BCUT2D eigenvalue weighted by Crippen LogP contribution is -2.13. The number of benzene rings is 3. The van der Waals surface area contributed by atoms with Crippen LogP contribution in [-0.2, 0) is 0 Å². The largest absolute Gasteiger partial charge is 0.355 e. The van der Waals surface area contributed by atoms with Crippen molar-refractivity contribution in [3.63, 3.8) is 0 Å². The molecule has 5 aromatic rings. The molecule has 0 atom stereocenters. The number of amides is 1. The Kier molecular flexibility index (Phi) is 8.00. The third-order valence-corrected chi connectivity index (χ3v) is 5.31. The van der Waals surface area contributed by atoms with Gasteiger partial charge in [-0.05, 0) is 66.7 Å². The molecule has 2 heterocycles. The maximum absolute atomic E-state index is 15.0. The molecule has 0 radical (unpaired) electrons. The zero-order valence-corrected chi connectivity index (χ0v) is 20.3. The number of carbonyl (C=O) groups is 1. The number of hydrogen-bond donors (Lipinski definition) is 3. The van der Waals surface area contributed by atoms with Gasteiger partial charge in [-0.25, -0.2) is 8.78 Å². The molecule has 0 aliphatic carbocycles. The fraction of sp³-hybridized carbons (Fsp3) is 0.0690. The molecule has 3 N–H and O–H groups in total. The van der Waals surface area contributed by atoms with E-state index in [9.17, 15) is 9.18 Å². The second-order valence-electron chi connectivity index (χ2n) is 7.71. The first-order valence-electron chi connectivity index (χ1n) is 11.7. The van der Waals surface area contributed by atoms with E-state index in [1.807, 2.05) is 13.8 Å². The molecule has 1 amide bonds. The molecule has 37 heavy (non-hydrogen) atoms. The van der Waals surface area contributed by atoms with Crippen molar-refractivity contribution in [1.82, 2.24) is 9.97 Å². The van der Waals surface area contributed by atoms with Gasteiger partial charge in [0.2, 0.25) is 0 Å². The van der Waals surface area contributed by atoms with Crippen molar-refractivity contribution in [1.29, 1.82) is 0 Å². The number of fused-ring (bicyclic) bond motifs is 1. The summed E-state index contributed by atoms with van der Waals surface area (Å²) in [6, 6.07) is 21.0. The summed E-state index contributed by atoms with van der Waals surface area (Å²) in [7, 11) is 0. The van der Waals surface area contributed by atoms with Crippen LogP contribution in [0.15, 0.2) is 97.5 Å². The highest BCUT2D eigenvalue weighted by Gasteiger charge is 2.13. The Morgan fingerprint density at radius 2 is 1.46 bits per heavy atom. The number of nitrogens with one attached hydrogen (secondary N) is 3. The average Bonchev–Trinajstić information content (AvgIpc) is 2.93. The fourth-order valence-electron chi connectivity index (χ4n) is 3.63. The van der Waals surface area contributed by atoms with Gasteiger partial charge in [0, 0.05) is 46.6 Å². The van der Waals surface area contributed by atoms with Crippen LogP contribution in [-0.4, -0.2) is 15.9 Å². The van der Waals surface area contributed by atoms with Crippen LogP contribution in [0.2, 0.25) is 0 Å². The first kappa shape index (κ1) is 25.2. The molecule has 2 aromatic heterocycles. The summed E-state index contributed by atoms with van der Waals surface area (Å²) < 4.78 is 28.8. The molecule has 0 saturated heterocycles. The standard InChI is InChI=1S/C27H19F2N5O.C2H6/c28-18-7-8-22-21(16-18)23(11-14-31-22)33-20-4-1-3-17(15-20)27(35)34-25-6-2-5-24(26(25)29)32-19-9-12-30-13-10-19;1-2/h1-16H,(H,30,32)(H,31,33)(H,34,35);1-2H3. The molecule has 0 bridgehead atoms. The topological polar surface area (TPSA) is 78.9 Å². The van der Waals surface area contributed by atoms with Crippen molar-refractivity contribution in [2.75, 3.05) is 16.0 Å². The molecule has 0 fully saturated rings. The smallest absolute Gasteiger partial charge is 0.255 e. The van der Waals surface area contributed by atoms with E-state index in [0.717, 1.165) is 0 Å². The number of nitrogens with zero attached hydrogens (tertiary/aromatic N) is 2. The van der Waals surface area contributed by atoms with E-state index < -0.39 is 11.7 Å². The number of halogens is 2. The van der Waals surface area contributed by atoms with E-state index in [4.69, 9.17) is 0 Å². The van der Waals surface area contributed by atoms with Crippen LogP contribution in [0.5, 0.6) is 0 Å². The number of aromatic nitrogens is 2. The first-order chi connectivity index (χ1) is 18.1. The molecule has 8 heteroatoms. The Labute approximate surface area is 213 Å². The molecule has 6 nitrogen and oxygen atoms in total. The van der Waals surface area contributed by atoms with Crippen LogP contribution in [0.25, 0.3) is 10.9 Å². The Hall–Kier alpha value is -4.85. The van der Waals surface area contributed by atoms with Gasteiger partial charge in [0.25, 0.3) is 5.91 Å². The van der Waals surface area contributed by atoms with Crippen molar-refractivity contribution in [2.24, 2.45) is 0 Å². The van der Waals surface area contributed by atoms with Gasteiger partial charge in [-0.2, -0.15) is 0 Å². The number of rotatable bonds is 6. The second-order valence-corrected chi connectivity index (χ2v) is 7.71. The zero-order valence-electron chi connectivity index (χ0n) is 20.3. The first-order valence-corrected chi connectivity index (χ1v) is 11.7. The van der Waals surface area contributed by atoms with Gasteiger partial charge in [-0.15, -0.1) is 0 Å². The van der Waals surface area contributed by atoms with E-state index in [1.165, 1.54) is 18.2 Å². The number of anilines is 5. The molecule has 0 unspecified atom stereocenters. The van der Waals surface area contributed by atoms with Gasteiger partial charge in [-0.1, -0.05) is 26.0 Å². The minimum atomic E-state index is -0.586. The maximum Gasteiger partial charge on any atom is 0.255 e. The van der Waals surface area contributed by atoms with Crippen LogP contribution in [0.1, 0.15) is 24.2 Å². The molecule has 186 valence electrons. The summed E-state index contributed by atoms with van der Waals surface area (Å²) in [5.41, 5.74) is 3.16. The number of pyridine rings is 2. The minimum Gasteiger partial charge on any atom is -0.355 e. The second kappa shape index (κ2) is 11.7. The minimum absolute atomic E-state index is 0.0445. The highest BCUT2D eigenvalue weighted by molar-refractivity contribution is 6.05.